The van der Waals surface area contributed by atoms with Crippen molar-refractivity contribution in [3.8, 4) is 11.3 Å². The Kier molecular flexibility index (Phi) is 5.49. The van der Waals surface area contributed by atoms with Gasteiger partial charge in [-0.3, -0.25) is 9.59 Å². The monoisotopic (exact) mass is 382 g/mol. The molecular weight excluding hydrogens is 359 g/mol. The van der Waals surface area contributed by atoms with Gasteiger partial charge in [0.1, 0.15) is 5.82 Å². The molecule has 1 aromatic heterocycles. The lowest BCUT2D eigenvalue weighted by atomic mass is 9.94. The molecule has 0 aliphatic rings. The Balaban J connectivity index is 1.80. The molecule has 5 nitrogen and oxygen atoms in total. The molecule has 0 fully saturated rings. The van der Waals surface area contributed by atoms with E-state index in [2.05, 4.69) is 10.3 Å². The third-order valence-electron chi connectivity index (χ3n) is 4.86. The number of carbonyl (C=O) groups excluding carboxylic acids is 1. The number of rotatable bonds is 7. The first kappa shape index (κ1) is 19.6. The normalized spacial score (nSPS) is 11.5. The Morgan fingerprint density at radius 2 is 1.79 bits per heavy atom. The highest BCUT2D eigenvalue weighted by Gasteiger charge is 2.27. The fraction of sp³-hybridized carbons (Fsp3) is 0.273. The number of aryl methyl sites for hydroxylation is 1. The number of amides is 1. The van der Waals surface area contributed by atoms with E-state index in [9.17, 15) is 14.0 Å². The molecule has 1 amide bonds. The molecule has 0 unspecified atom stereocenters. The summed E-state index contributed by atoms with van der Waals surface area (Å²) in [5.74, 6) is -1.46. The van der Waals surface area contributed by atoms with Gasteiger partial charge in [-0.25, -0.2) is 4.39 Å². The highest BCUT2D eigenvalue weighted by atomic mass is 19.1. The van der Waals surface area contributed by atoms with Gasteiger partial charge < -0.3 is 15.4 Å². The summed E-state index contributed by atoms with van der Waals surface area (Å²) in [4.78, 5) is 26.8. The summed E-state index contributed by atoms with van der Waals surface area (Å²) in [5, 5.41) is 12.9. The summed E-state index contributed by atoms with van der Waals surface area (Å²) >= 11 is 0. The standard InChI is InChI=1S/C22H23FN2O3/c1-22(2,21(27)28)13-24-19(26)12-11-17-16-5-3-4-6-18(16)25-20(17)14-7-9-15(23)10-8-14/h3-10,25H,11-13H2,1-2H3,(H,24,26)(H,27,28). The maximum atomic E-state index is 13.3. The van der Waals surface area contributed by atoms with Gasteiger partial charge in [0.05, 0.1) is 5.41 Å². The molecule has 0 radical (unpaired) electrons. The molecule has 0 bridgehead atoms. The van der Waals surface area contributed by atoms with Gasteiger partial charge in [0.2, 0.25) is 5.91 Å². The number of aromatic nitrogens is 1. The van der Waals surface area contributed by atoms with Crippen molar-refractivity contribution >= 4 is 22.8 Å². The second-order valence-electron chi connectivity index (χ2n) is 7.50. The third kappa shape index (κ3) is 4.22. The molecule has 0 spiro atoms. The summed E-state index contributed by atoms with van der Waals surface area (Å²) in [7, 11) is 0. The van der Waals surface area contributed by atoms with E-state index in [1.165, 1.54) is 12.1 Å². The molecule has 0 aliphatic carbocycles. The van der Waals surface area contributed by atoms with Crippen molar-refractivity contribution in [3.63, 3.8) is 0 Å². The molecule has 0 saturated carbocycles. The van der Waals surface area contributed by atoms with Gasteiger partial charge in [-0.2, -0.15) is 0 Å². The van der Waals surface area contributed by atoms with Crippen LogP contribution >= 0.6 is 0 Å². The molecular formula is C22H23FN2O3. The molecule has 0 atom stereocenters. The van der Waals surface area contributed by atoms with Crippen molar-refractivity contribution < 1.29 is 19.1 Å². The van der Waals surface area contributed by atoms with E-state index < -0.39 is 11.4 Å². The van der Waals surface area contributed by atoms with Crippen molar-refractivity contribution in [3.05, 3.63) is 59.9 Å². The predicted octanol–water partition coefficient (Wildman–Crippen LogP) is 4.13. The molecule has 28 heavy (non-hydrogen) atoms. The first-order valence-corrected chi connectivity index (χ1v) is 9.13. The van der Waals surface area contributed by atoms with Crippen LogP contribution in [0, 0.1) is 11.2 Å². The Hall–Kier alpha value is -3.15. The summed E-state index contributed by atoms with van der Waals surface area (Å²) in [6.45, 7) is 3.21. The van der Waals surface area contributed by atoms with E-state index in [0.717, 1.165) is 27.7 Å². The molecule has 3 N–H and O–H groups in total. The van der Waals surface area contributed by atoms with Gasteiger partial charge in [-0.15, -0.1) is 0 Å². The lowest BCUT2D eigenvalue weighted by Crippen LogP contribution is -2.38. The van der Waals surface area contributed by atoms with E-state index in [1.54, 1.807) is 26.0 Å². The number of aliphatic carboxylic acids is 1. The Morgan fingerprint density at radius 3 is 2.46 bits per heavy atom. The highest BCUT2D eigenvalue weighted by Crippen LogP contribution is 2.31. The summed E-state index contributed by atoms with van der Waals surface area (Å²) in [6, 6.07) is 14.0. The van der Waals surface area contributed by atoms with Crippen LogP contribution in [0.4, 0.5) is 4.39 Å². The van der Waals surface area contributed by atoms with Gasteiger partial charge in [0, 0.05) is 29.6 Å². The quantitative estimate of drug-likeness (QED) is 0.574. The first-order chi connectivity index (χ1) is 13.3. The fourth-order valence-electron chi connectivity index (χ4n) is 3.04. The maximum Gasteiger partial charge on any atom is 0.310 e. The number of carbonyl (C=O) groups is 2. The van der Waals surface area contributed by atoms with Gasteiger partial charge in [-0.1, -0.05) is 18.2 Å². The number of nitrogens with one attached hydrogen (secondary N) is 2. The second-order valence-corrected chi connectivity index (χ2v) is 7.50. The number of hydrogen-bond donors (Lipinski definition) is 3. The first-order valence-electron chi connectivity index (χ1n) is 9.13. The third-order valence-corrected chi connectivity index (χ3v) is 4.86. The zero-order chi connectivity index (χ0) is 20.3. The van der Waals surface area contributed by atoms with Crippen LogP contribution in [0.1, 0.15) is 25.8 Å². The molecule has 6 heteroatoms. The number of aromatic amines is 1. The Labute approximate surface area is 162 Å². The van der Waals surface area contributed by atoms with Gasteiger partial charge in [0.15, 0.2) is 0 Å². The number of hydrogen-bond acceptors (Lipinski definition) is 2. The zero-order valence-corrected chi connectivity index (χ0v) is 15.9. The number of H-pyrrole nitrogens is 1. The number of benzene rings is 2. The molecule has 3 aromatic rings. The number of para-hydroxylation sites is 1. The highest BCUT2D eigenvalue weighted by molar-refractivity contribution is 5.91. The fourth-order valence-corrected chi connectivity index (χ4v) is 3.04. The average Bonchev–Trinajstić information content (AvgIpc) is 3.04. The zero-order valence-electron chi connectivity index (χ0n) is 15.9. The van der Waals surface area contributed by atoms with Crippen LogP contribution in [-0.2, 0) is 16.0 Å². The average molecular weight is 382 g/mol. The SMILES string of the molecule is CC(C)(CNC(=O)CCc1c(-c2ccc(F)cc2)[nH]c2ccccc12)C(=O)O. The van der Waals surface area contributed by atoms with E-state index >= 15 is 0 Å². The number of carboxylic acids is 1. The van der Waals surface area contributed by atoms with Crippen molar-refractivity contribution in [2.24, 2.45) is 5.41 Å². The molecule has 3 rings (SSSR count). The van der Waals surface area contributed by atoms with E-state index in [0.29, 0.717) is 6.42 Å². The number of fused-ring (bicyclic) bond motifs is 1. The van der Waals surface area contributed by atoms with Crippen LogP contribution in [0.3, 0.4) is 0 Å². The molecule has 0 saturated heterocycles. The van der Waals surface area contributed by atoms with E-state index in [1.807, 2.05) is 24.3 Å². The van der Waals surface area contributed by atoms with Gasteiger partial charge >= 0.3 is 5.97 Å². The number of halogens is 1. The molecule has 146 valence electrons. The molecule has 0 aliphatic heterocycles. The van der Waals surface area contributed by atoms with Crippen LogP contribution in [0.5, 0.6) is 0 Å². The summed E-state index contributed by atoms with van der Waals surface area (Å²) in [6.07, 6.45) is 0.710. The van der Waals surface area contributed by atoms with E-state index in [-0.39, 0.29) is 24.7 Å². The lowest BCUT2D eigenvalue weighted by molar-refractivity contribution is -0.146. The topological polar surface area (TPSA) is 82.2 Å². The summed E-state index contributed by atoms with van der Waals surface area (Å²) < 4.78 is 13.3. The molecule has 2 aromatic carbocycles. The van der Waals surface area contributed by atoms with E-state index in [4.69, 9.17) is 5.11 Å². The smallest absolute Gasteiger partial charge is 0.310 e. The minimum atomic E-state index is -1.02. The maximum absolute atomic E-state index is 13.3. The van der Waals surface area contributed by atoms with Gasteiger partial charge in [0.25, 0.3) is 0 Å². The van der Waals surface area contributed by atoms with Crippen LogP contribution in [0.2, 0.25) is 0 Å². The number of carboxylic acid groups (broad SMARTS) is 1. The van der Waals surface area contributed by atoms with Crippen molar-refractivity contribution in [1.82, 2.24) is 10.3 Å². The largest absolute Gasteiger partial charge is 0.481 e. The van der Waals surface area contributed by atoms with Crippen molar-refractivity contribution in [2.75, 3.05) is 6.54 Å². The minimum Gasteiger partial charge on any atom is -0.481 e. The molecule has 1 heterocycles. The second kappa shape index (κ2) is 7.84. The van der Waals surface area contributed by atoms with Crippen LogP contribution in [-0.4, -0.2) is 28.5 Å². The van der Waals surface area contributed by atoms with Crippen molar-refractivity contribution in [2.45, 2.75) is 26.7 Å². The predicted molar refractivity (Wildman–Crippen MR) is 106 cm³/mol. The van der Waals surface area contributed by atoms with Crippen LogP contribution in [0.25, 0.3) is 22.2 Å². The van der Waals surface area contributed by atoms with Crippen molar-refractivity contribution in [1.29, 1.82) is 0 Å². The van der Waals surface area contributed by atoms with Gasteiger partial charge in [-0.05, 0) is 61.7 Å². The van der Waals surface area contributed by atoms with Crippen LogP contribution < -0.4 is 5.32 Å². The Morgan fingerprint density at radius 1 is 1.11 bits per heavy atom. The van der Waals surface area contributed by atoms with Crippen LogP contribution in [0.15, 0.2) is 48.5 Å². The Bertz CT molecular complexity index is 1010. The summed E-state index contributed by atoms with van der Waals surface area (Å²) in [5.41, 5.74) is 2.62. The lowest BCUT2D eigenvalue weighted by Gasteiger charge is -2.19. The minimum absolute atomic E-state index is 0.0693.